The van der Waals surface area contributed by atoms with Crippen molar-refractivity contribution in [1.29, 1.82) is 0 Å². The van der Waals surface area contributed by atoms with Gasteiger partial charge in [0.25, 0.3) is 0 Å². The van der Waals surface area contributed by atoms with Crippen molar-refractivity contribution in [2.75, 3.05) is 75.8 Å². The highest BCUT2D eigenvalue weighted by atomic mass is 16.5. The second kappa shape index (κ2) is 15.2. The van der Waals surface area contributed by atoms with Gasteiger partial charge in [-0.1, -0.05) is 35.4 Å². The molecule has 10 heteroatoms. The first kappa shape index (κ1) is 36.1. The quantitative estimate of drug-likeness (QED) is 0.156. The van der Waals surface area contributed by atoms with Gasteiger partial charge in [-0.3, -0.25) is 14.7 Å². The summed E-state index contributed by atoms with van der Waals surface area (Å²) in [6.45, 7) is 10.3. The molecule has 4 aliphatic rings. The number of rotatable bonds is 7. The van der Waals surface area contributed by atoms with Gasteiger partial charge in [0.1, 0.15) is 40.7 Å². The number of hydrogen-bond donors (Lipinski definition) is 0. The van der Waals surface area contributed by atoms with Crippen LogP contribution in [0.3, 0.4) is 0 Å². The number of benzene rings is 3. The van der Waals surface area contributed by atoms with Gasteiger partial charge in [-0.2, -0.15) is 0 Å². The normalized spacial score (nSPS) is 16.5. The van der Waals surface area contributed by atoms with Crippen molar-refractivity contribution in [3.8, 4) is 5.75 Å². The lowest BCUT2D eigenvalue weighted by molar-refractivity contribution is 0.415. The van der Waals surface area contributed by atoms with Crippen LogP contribution < -0.4 is 34.1 Å². The van der Waals surface area contributed by atoms with Crippen LogP contribution in [0.25, 0.3) is 0 Å². The molecule has 3 aromatic carbocycles. The summed E-state index contributed by atoms with van der Waals surface area (Å²) >= 11 is 0. The average Bonchev–Trinajstić information content (AvgIpc) is 4.08. The van der Waals surface area contributed by atoms with Crippen LogP contribution in [-0.4, -0.2) is 61.3 Å². The molecule has 0 saturated carbocycles. The summed E-state index contributed by atoms with van der Waals surface area (Å²) < 4.78 is 5.65. The Kier molecular flexibility index (Phi) is 9.47. The van der Waals surface area contributed by atoms with E-state index in [1.54, 1.807) is 7.11 Å². The maximum absolute atomic E-state index is 5.65. The Bertz CT molecular complexity index is 2260. The minimum absolute atomic E-state index is 0.789. The summed E-state index contributed by atoms with van der Waals surface area (Å²) in [5.74, 6) is 5.60. The maximum atomic E-state index is 5.65. The molecule has 0 atom stereocenters. The highest BCUT2D eigenvalue weighted by molar-refractivity contribution is 5.86. The van der Waals surface area contributed by atoms with Gasteiger partial charge in [-0.05, 0) is 101 Å². The van der Waals surface area contributed by atoms with Crippen LogP contribution in [0.5, 0.6) is 5.75 Å². The fourth-order valence-corrected chi connectivity index (χ4v) is 8.89. The largest absolute Gasteiger partial charge is 0.497 e. The molecule has 4 aliphatic heterocycles. The van der Waals surface area contributed by atoms with Crippen LogP contribution in [0.15, 0.2) is 109 Å². The third-order valence-electron chi connectivity index (χ3n) is 12.1. The Morgan fingerprint density at radius 1 is 0.362 bits per heavy atom. The molecule has 294 valence electrons. The molecule has 3 fully saturated rings. The van der Waals surface area contributed by atoms with Gasteiger partial charge in [-0.25, -0.2) is 15.0 Å². The molecule has 10 rings (SSSR count). The van der Waals surface area contributed by atoms with Crippen molar-refractivity contribution in [3.63, 3.8) is 0 Å². The van der Waals surface area contributed by atoms with Crippen molar-refractivity contribution in [3.05, 3.63) is 120 Å². The molecule has 0 N–H and O–H groups in total. The molecular weight excluding hydrogens is 719 g/mol. The first-order valence-electron chi connectivity index (χ1n) is 21.0. The second-order valence-electron chi connectivity index (χ2n) is 16.1. The molecule has 10 nitrogen and oxygen atoms in total. The number of anilines is 12. The van der Waals surface area contributed by atoms with Gasteiger partial charge in [0.2, 0.25) is 0 Å². The monoisotopic (exact) mass is 769 g/mol. The van der Waals surface area contributed by atoms with Gasteiger partial charge < -0.3 is 19.4 Å². The van der Waals surface area contributed by atoms with E-state index in [0.717, 1.165) is 140 Å². The molecule has 0 amide bonds. The Morgan fingerprint density at radius 3 is 0.879 bits per heavy atom. The zero-order valence-electron chi connectivity index (χ0n) is 33.8. The van der Waals surface area contributed by atoms with E-state index < -0.39 is 0 Å². The topological polar surface area (TPSA) is 67.3 Å². The first-order chi connectivity index (χ1) is 28.5. The summed E-state index contributed by atoms with van der Waals surface area (Å²) in [7, 11) is 1.71. The lowest BCUT2D eigenvalue weighted by Crippen LogP contribution is -2.25. The fourth-order valence-electron chi connectivity index (χ4n) is 8.89. The Balaban J connectivity index is 1.32. The van der Waals surface area contributed by atoms with Crippen LogP contribution in [0.1, 0.15) is 49.7 Å². The number of hydrogen-bond acceptors (Lipinski definition) is 10. The lowest BCUT2D eigenvalue weighted by atomic mass is 10.1. The van der Waals surface area contributed by atoms with Crippen LogP contribution in [-0.2, 0) is 0 Å². The van der Waals surface area contributed by atoms with Crippen LogP contribution in [0.4, 0.5) is 69.0 Å². The molecule has 0 spiro atoms. The molecule has 6 bridgehead atoms. The molecule has 3 aromatic heterocycles. The number of fused-ring (bicyclic) bond motifs is 6. The van der Waals surface area contributed by atoms with Crippen molar-refractivity contribution in [1.82, 2.24) is 15.0 Å². The zero-order valence-corrected chi connectivity index (χ0v) is 33.8. The van der Waals surface area contributed by atoms with E-state index in [1.807, 2.05) is 12.1 Å². The van der Waals surface area contributed by atoms with Crippen LogP contribution >= 0.6 is 0 Å². The lowest BCUT2D eigenvalue weighted by Gasteiger charge is -2.34. The SMILES string of the molecule is COc1ccc(N2c3cc(N4CCCC4)cc(n3)N(c3ccc(C)cc3)c3cc(N4CCCC4)cc(n3)N(c3ccc(C)cc3)c3cc(N4CCCC4)cc2n3)cc1. The summed E-state index contributed by atoms with van der Waals surface area (Å²) in [6.07, 6.45) is 7.00. The maximum Gasteiger partial charge on any atom is 0.143 e. The number of nitrogens with zero attached hydrogens (tertiary/aromatic N) is 9. The van der Waals surface area contributed by atoms with Crippen molar-refractivity contribution in [2.24, 2.45) is 0 Å². The fraction of sp³-hybridized carbons (Fsp3) is 0.312. The minimum Gasteiger partial charge on any atom is -0.497 e. The summed E-state index contributed by atoms with van der Waals surface area (Å²) in [5.41, 5.74) is 8.78. The summed E-state index contributed by atoms with van der Waals surface area (Å²) in [4.78, 5) is 31.2. The molecule has 58 heavy (non-hydrogen) atoms. The van der Waals surface area contributed by atoms with Crippen LogP contribution in [0, 0.1) is 13.8 Å². The van der Waals surface area contributed by atoms with Crippen LogP contribution in [0.2, 0.25) is 0 Å². The Labute approximate surface area is 341 Å². The third-order valence-corrected chi connectivity index (χ3v) is 12.1. The van der Waals surface area contributed by atoms with Gasteiger partial charge in [-0.15, -0.1) is 0 Å². The number of aromatic nitrogens is 3. The molecule has 3 saturated heterocycles. The number of aryl methyl sites for hydroxylation is 2. The van der Waals surface area contributed by atoms with E-state index in [1.165, 1.54) is 24.0 Å². The molecule has 0 unspecified atom stereocenters. The smallest absolute Gasteiger partial charge is 0.143 e. The molecule has 6 aromatic rings. The average molecular weight is 770 g/mol. The van der Waals surface area contributed by atoms with Gasteiger partial charge in [0.15, 0.2) is 0 Å². The third kappa shape index (κ3) is 6.90. The van der Waals surface area contributed by atoms with Gasteiger partial charge >= 0.3 is 0 Å². The predicted molar refractivity (Wildman–Crippen MR) is 238 cm³/mol. The van der Waals surface area contributed by atoms with Crippen molar-refractivity contribution < 1.29 is 4.74 Å². The zero-order chi connectivity index (χ0) is 39.2. The summed E-state index contributed by atoms with van der Waals surface area (Å²) in [5, 5.41) is 0. The Morgan fingerprint density at radius 2 is 0.621 bits per heavy atom. The van der Waals surface area contributed by atoms with E-state index >= 15 is 0 Å². The highest BCUT2D eigenvalue weighted by Gasteiger charge is 2.30. The van der Waals surface area contributed by atoms with Gasteiger partial charge in [0, 0.05) is 110 Å². The van der Waals surface area contributed by atoms with E-state index in [-0.39, 0.29) is 0 Å². The summed E-state index contributed by atoms with van der Waals surface area (Å²) in [6, 6.07) is 39.3. The molecule has 0 radical (unpaired) electrons. The van der Waals surface area contributed by atoms with E-state index in [4.69, 9.17) is 19.7 Å². The number of pyridine rings is 3. The second-order valence-corrected chi connectivity index (χ2v) is 16.1. The van der Waals surface area contributed by atoms with Gasteiger partial charge in [0.05, 0.1) is 7.11 Å². The number of methoxy groups -OCH3 is 1. The minimum atomic E-state index is 0.789. The standard InChI is InChI=1S/C48H51N9O/c1-34-10-14-36(15-11-34)55-43-28-39(52-22-4-5-23-52)29-44(49-43)56(37-16-12-35(2)13-17-37)46-31-41(54-26-8-9-27-54)33-48(51-46)57(38-18-20-42(58-3)21-19-38)47-32-40(30-45(55)50-47)53-24-6-7-25-53/h10-21,28-33H,4-9,22-27H2,1-3H3. The molecular formula is C48H51N9O. The molecule has 7 heterocycles. The molecule has 0 aliphatic carbocycles. The first-order valence-corrected chi connectivity index (χ1v) is 21.0. The Hall–Kier alpha value is -6.29. The van der Waals surface area contributed by atoms with E-state index in [9.17, 15) is 0 Å². The van der Waals surface area contributed by atoms with E-state index in [0.29, 0.717) is 0 Å². The van der Waals surface area contributed by atoms with Crippen molar-refractivity contribution in [2.45, 2.75) is 52.4 Å². The number of ether oxygens (including phenoxy) is 1. The van der Waals surface area contributed by atoms with Crippen molar-refractivity contribution >= 4 is 69.0 Å². The predicted octanol–water partition coefficient (Wildman–Crippen LogP) is 11.0. The highest BCUT2D eigenvalue weighted by Crippen LogP contribution is 2.46. The van der Waals surface area contributed by atoms with E-state index in [2.05, 4.69) is 140 Å².